The Balaban J connectivity index is 1.91. The van der Waals surface area contributed by atoms with E-state index < -0.39 is 24.3 Å². The molecule has 0 spiro atoms. The Bertz CT molecular complexity index is 1200. The SMILES string of the molecule is COc1ccc([C@H](OC(=O)Nc2ccc(SC)cc2)[C@H](CC/C=C/C(=O)O)Oc2ccccc2)cc1O. The maximum Gasteiger partial charge on any atom is 0.412 e. The molecule has 0 unspecified atom stereocenters. The molecule has 0 fully saturated rings. The summed E-state index contributed by atoms with van der Waals surface area (Å²) in [6.45, 7) is 0. The van der Waals surface area contributed by atoms with Crippen LogP contribution in [0.25, 0.3) is 0 Å². The number of carboxylic acids is 1. The van der Waals surface area contributed by atoms with Crippen molar-refractivity contribution in [3.63, 3.8) is 0 Å². The predicted octanol–water partition coefficient (Wildman–Crippen LogP) is 6.28. The van der Waals surface area contributed by atoms with Gasteiger partial charge in [-0.15, -0.1) is 11.8 Å². The van der Waals surface area contributed by atoms with Crippen molar-refractivity contribution in [1.29, 1.82) is 0 Å². The number of aromatic hydroxyl groups is 1. The fourth-order valence-corrected chi connectivity index (χ4v) is 3.98. The number of allylic oxidation sites excluding steroid dienone is 1. The fourth-order valence-electron chi connectivity index (χ4n) is 3.57. The molecule has 0 aliphatic carbocycles. The molecule has 0 aliphatic rings. The van der Waals surface area contributed by atoms with Gasteiger partial charge in [0.15, 0.2) is 17.6 Å². The molecule has 3 aromatic rings. The molecule has 0 saturated heterocycles. The van der Waals surface area contributed by atoms with Crippen molar-refractivity contribution in [2.45, 2.75) is 29.9 Å². The van der Waals surface area contributed by atoms with E-state index >= 15 is 0 Å². The van der Waals surface area contributed by atoms with Crippen molar-refractivity contribution in [2.75, 3.05) is 18.7 Å². The van der Waals surface area contributed by atoms with Crippen LogP contribution in [0.1, 0.15) is 24.5 Å². The van der Waals surface area contributed by atoms with Crippen LogP contribution in [-0.4, -0.2) is 41.7 Å². The monoisotopic (exact) mass is 523 g/mol. The van der Waals surface area contributed by atoms with Crippen LogP contribution in [0.15, 0.2) is 89.8 Å². The van der Waals surface area contributed by atoms with Crippen molar-refractivity contribution in [3.05, 3.63) is 90.5 Å². The molecule has 0 aliphatic heterocycles. The number of carbonyl (C=O) groups is 2. The molecule has 0 saturated carbocycles. The van der Waals surface area contributed by atoms with Gasteiger partial charge in [0.1, 0.15) is 11.9 Å². The van der Waals surface area contributed by atoms with E-state index in [9.17, 15) is 14.7 Å². The highest BCUT2D eigenvalue weighted by atomic mass is 32.2. The first-order valence-corrected chi connectivity index (χ1v) is 12.7. The fraction of sp³-hybridized carbons (Fsp3) is 0.214. The summed E-state index contributed by atoms with van der Waals surface area (Å²) in [5.41, 5.74) is 1.04. The van der Waals surface area contributed by atoms with Crippen LogP contribution >= 0.6 is 11.8 Å². The third kappa shape index (κ3) is 8.50. The van der Waals surface area contributed by atoms with Gasteiger partial charge in [0.2, 0.25) is 0 Å². The van der Waals surface area contributed by atoms with E-state index in [4.69, 9.17) is 19.3 Å². The van der Waals surface area contributed by atoms with Crippen LogP contribution in [0.2, 0.25) is 0 Å². The molecule has 194 valence electrons. The lowest BCUT2D eigenvalue weighted by atomic mass is 9.99. The summed E-state index contributed by atoms with van der Waals surface area (Å²) in [7, 11) is 1.44. The summed E-state index contributed by atoms with van der Waals surface area (Å²) >= 11 is 1.59. The summed E-state index contributed by atoms with van der Waals surface area (Å²) in [5.74, 6) is -0.356. The van der Waals surface area contributed by atoms with Crippen LogP contribution in [0.4, 0.5) is 10.5 Å². The van der Waals surface area contributed by atoms with E-state index in [1.807, 2.05) is 36.6 Å². The second-order valence-electron chi connectivity index (χ2n) is 7.90. The molecule has 2 atom stereocenters. The molecule has 3 aromatic carbocycles. The molecule has 3 N–H and O–H groups in total. The smallest absolute Gasteiger partial charge is 0.412 e. The van der Waals surface area contributed by atoms with Crippen LogP contribution in [0.5, 0.6) is 17.2 Å². The van der Waals surface area contributed by atoms with Crippen LogP contribution in [-0.2, 0) is 9.53 Å². The van der Waals surface area contributed by atoms with E-state index in [1.165, 1.54) is 19.3 Å². The summed E-state index contributed by atoms with van der Waals surface area (Å²) in [4.78, 5) is 24.9. The highest BCUT2D eigenvalue weighted by Crippen LogP contribution is 2.34. The molecular weight excluding hydrogens is 494 g/mol. The zero-order chi connectivity index (χ0) is 26.6. The number of para-hydroxylation sites is 1. The number of carboxylic acid groups (broad SMARTS) is 1. The molecule has 1 amide bonds. The highest BCUT2D eigenvalue weighted by Gasteiger charge is 2.30. The standard InChI is InChI=1S/C28H29NO7S/c1-34-24-17-12-19(18-23(24)30)27(36-28(33)29-20-13-15-22(37-2)16-14-20)25(10-6-7-11-26(31)32)35-21-8-4-3-5-9-21/h3-5,7-9,11-18,25,27,30H,6,10H2,1-2H3,(H,29,33)(H,31,32)/b11-7+/t25-,27-/m0/s1. The number of aliphatic carboxylic acids is 1. The van der Waals surface area contributed by atoms with Gasteiger partial charge in [-0.25, -0.2) is 9.59 Å². The van der Waals surface area contributed by atoms with Gasteiger partial charge >= 0.3 is 12.1 Å². The summed E-state index contributed by atoms with van der Waals surface area (Å²) < 4.78 is 17.2. The number of phenolic OH excluding ortho intramolecular Hbond substituents is 1. The van der Waals surface area contributed by atoms with E-state index in [0.717, 1.165) is 11.0 Å². The number of hydrogen-bond donors (Lipinski definition) is 3. The summed E-state index contributed by atoms with van der Waals surface area (Å²) in [6.07, 6.45) is 2.84. The number of methoxy groups -OCH3 is 1. The first-order chi connectivity index (χ1) is 17.9. The first kappa shape index (κ1) is 27.5. The van der Waals surface area contributed by atoms with Crippen molar-refractivity contribution in [1.82, 2.24) is 0 Å². The number of rotatable bonds is 12. The Hall–Kier alpha value is -4.11. The number of thioether (sulfide) groups is 1. The minimum Gasteiger partial charge on any atom is -0.504 e. The van der Waals surface area contributed by atoms with Gasteiger partial charge < -0.3 is 24.4 Å². The lowest BCUT2D eigenvalue weighted by molar-refractivity contribution is -0.131. The molecule has 8 nitrogen and oxygen atoms in total. The second kappa shape index (κ2) is 13.8. The van der Waals surface area contributed by atoms with Gasteiger partial charge in [-0.1, -0.05) is 30.3 Å². The minimum atomic E-state index is -1.06. The third-order valence-electron chi connectivity index (χ3n) is 5.35. The molecular formula is C28H29NO7S. The number of hydrogen-bond acceptors (Lipinski definition) is 7. The quantitative estimate of drug-likeness (QED) is 0.188. The summed E-state index contributed by atoms with van der Waals surface area (Å²) in [6, 6.07) is 21.1. The van der Waals surface area contributed by atoms with E-state index in [2.05, 4.69) is 5.32 Å². The normalized spacial score (nSPS) is 12.5. The number of anilines is 1. The van der Waals surface area contributed by atoms with Gasteiger partial charge in [-0.2, -0.15) is 0 Å². The molecule has 0 radical (unpaired) electrons. The summed E-state index contributed by atoms with van der Waals surface area (Å²) in [5, 5.41) is 22.1. The van der Waals surface area contributed by atoms with Crippen molar-refractivity contribution in [3.8, 4) is 17.2 Å². The molecule has 37 heavy (non-hydrogen) atoms. The largest absolute Gasteiger partial charge is 0.504 e. The Kier molecular flexibility index (Phi) is 10.3. The van der Waals surface area contributed by atoms with Crippen LogP contribution in [0, 0.1) is 0 Å². The third-order valence-corrected chi connectivity index (χ3v) is 6.09. The van der Waals surface area contributed by atoms with Gasteiger partial charge in [-0.05, 0) is 67.6 Å². The van der Waals surface area contributed by atoms with Crippen LogP contribution < -0.4 is 14.8 Å². The molecule has 0 aromatic heterocycles. The lowest BCUT2D eigenvalue weighted by Gasteiger charge is -2.28. The Morgan fingerprint density at radius 2 is 1.78 bits per heavy atom. The average molecular weight is 524 g/mol. The van der Waals surface area contributed by atoms with Crippen molar-refractivity contribution < 1.29 is 34.0 Å². The zero-order valence-electron chi connectivity index (χ0n) is 20.5. The van der Waals surface area contributed by atoms with Gasteiger partial charge in [0, 0.05) is 22.2 Å². The molecule has 9 heteroatoms. The maximum absolute atomic E-state index is 13.0. The van der Waals surface area contributed by atoms with E-state index in [-0.39, 0.29) is 11.5 Å². The number of phenols is 1. The number of amides is 1. The molecule has 0 heterocycles. The number of nitrogens with one attached hydrogen (secondary N) is 1. The highest BCUT2D eigenvalue weighted by molar-refractivity contribution is 7.98. The topological polar surface area (TPSA) is 114 Å². The Morgan fingerprint density at radius 1 is 1.05 bits per heavy atom. The first-order valence-electron chi connectivity index (χ1n) is 11.5. The van der Waals surface area contributed by atoms with Crippen LogP contribution in [0.3, 0.4) is 0 Å². The number of benzene rings is 3. The minimum absolute atomic E-state index is 0.120. The van der Waals surface area contributed by atoms with Gasteiger partial charge in [-0.3, -0.25) is 5.32 Å². The Labute approximate surface area is 219 Å². The molecule has 3 rings (SSSR count). The Morgan fingerprint density at radius 3 is 2.41 bits per heavy atom. The molecule has 0 bridgehead atoms. The average Bonchev–Trinajstić information content (AvgIpc) is 2.90. The predicted molar refractivity (Wildman–Crippen MR) is 143 cm³/mol. The van der Waals surface area contributed by atoms with E-state index in [0.29, 0.717) is 29.8 Å². The van der Waals surface area contributed by atoms with Gasteiger partial charge in [0.25, 0.3) is 0 Å². The second-order valence-corrected chi connectivity index (χ2v) is 8.78. The zero-order valence-corrected chi connectivity index (χ0v) is 21.3. The van der Waals surface area contributed by atoms with E-state index in [1.54, 1.807) is 48.2 Å². The maximum atomic E-state index is 13.0. The van der Waals surface area contributed by atoms with Gasteiger partial charge in [0.05, 0.1) is 7.11 Å². The lowest BCUT2D eigenvalue weighted by Crippen LogP contribution is -2.31. The van der Waals surface area contributed by atoms with Crippen molar-refractivity contribution in [2.24, 2.45) is 0 Å². The number of ether oxygens (including phenoxy) is 3. The van der Waals surface area contributed by atoms with Crippen molar-refractivity contribution >= 4 is 29.5 Å². The number of carbonyl (C=O) groups excluding carboxylic acids is 1.